The Morgan fingerprint density at radius 3 is 2.94 bits per heavy atom. The molecule has 2 heterocycles. The van der Waals surface area contributed by atoms with Crippen molar-refractivity contribution in [2.75, 3.05) is 6.54 Å². The van der Waals surface area contributed by atoms with Crippen LogP contribution in [-0.4, -0.2) is 21.3 Å². The fourth-order valence-corrected chi connectivity index (χ4v) is 1.68. The number of oxazole rings is 1. The molecule has 5 nitrogen and oxygen atoms in total. The topological polar surface area (TPSA) is 55.9 Å². The first kappa shape index (κ1) is 11.9. The summed E-state index contributed by atoms with van der Waals surface area (Å²) in [6, 6.07) is 1.92. The Morgan fingerprint density at radius 2 is 2.29 bits per heavy atom. The minimum Gasteiger partial charge on any atom is -0.442 e. The lowest BCUT2D eigenvalue weighted by Gasteiger charge is -2.06. The van der Waals surface area contributed by atoms with Gasteiger partial charge in [0.15, 0.2) is 12.2 Å². The zero-order valence-electron chi connectivity index (χ0n) is 10.5. The van der Waals surface area contributed by atoms with Gasteiger partial charge in [-0.15, -0.1) is 0 Å². The second-order valence-corrected chi connectivity index (χ2v) is 4.49. The van der Waals surface area contributed by atoms with Crippen LogP contribution < -0.4 is 5.32 Å². The van der Waals surface area contributed by atoms with E-state index in [0.29, 0.717) is 5.92 Å². The first-order valence-electron chi connectivity index (χ1n) is 5.80. The number of rotatable bonds is 5. The Kier molecular flexibility index (Phi) is 3.58. The van der Waals surface area contributed by atoms with Crippen LogP contribution in [0.4, 0.5) is 0 Å². The van der Waals surface area contributed by atoms with Crippen LogP contribution in [0.2, 0.25) is 0 Å². The number of nitrogens with one attached hydrogen (secondary N) is 1. The maximum absolute atomic E-state index is 5.44. The molecular weight excluding hydrogens is 216 g/mol. The highest BCUT2D eigenvalue weighted by Gasteiger charge is 2.13. The van der Waals surface area contributed by atoms with Crippen LogP contribution in [0.15, 0.2) is 23.1 Å². The molecule has 92 valence electrons. The van der Waals surface area contributed by atoms with E-state index in [1.807, 2.05) is 13.1 Å². The summed E-state index contributed by atoms with van der Waals surface area (Å²) in [5.41, 5.74) is 1.87. The molecule has 0 bridgehead atoms. The van der Waals surface area contributed by atoms with Gasteiger partial charge in [0.1, 0.15) is 11.4 Å². The normalized spacial score (nSPS) is 11.3. The molecule has 5 heteroatoms. The van der Waals surface area contributed by atoms with Gasteiger partial charge in [0, 0.05) is 19.8 Å². The summed E-state index contributed by atoms with van der Waals surface area (Å²) in [6.07, 6.45) is 3.23. The average molecular weight is 234 g/mol. The Hall–Kier alpha value is -1.62. The highest BCUT2D eigenvalue weighted by atomic mass is 16.3. The number of nitrogens with zero attached hydrogens (tertiary/aromatic N) is 3. The first-order chi connectivity index (χ1) is 8.18. The molecule has 0 radical (unpaired) electrons. The third-order valence-electron chi connectivity index (χ3n) is 2.54. The molecule has 0 saturated carbocycles. The second kappa shape index (κ2) is 5.14. The van der Waals surface area contributed by atoms with Crippen molar-refractivity contribution in [1.82, 2.24) is 20.1 Å². The molecule has 1 N–H and O–H groups in total. The standard InChI is InChI=1S/C12H18N4O/c1-9(2)6-13-7-10-12(17-8-14-10)11-4-5-15-16(11)3/h4-5,8-9,13H,6-7H2,1-3H3. The number of aryl methyl sites for hydroxylation is 1. The third kappa shape index (κ3) is 2.74. The Labute approximate surface area is 101 Å². The summed E-state index contributed by atoms with van der Waals surface area (Å²) in [5, 5.41) is 7.49. The van der Waals surface area contributed by atoms with Gasteiger partial charge in [-0.1, -0.05) is 13.8 Å². The van der Waals surface area contributed by atoms with Crippen molar-refractivity contribution in [2.45, 2.75) is 20.4 Å². The molecule has 2 aromatic rings. The van der Waals surface area contributed by atoms with Crippen molar-refractivity contribution in [1.29, 1.82) is 0 Å². The second-order valence-electron chi connectivity index (χ2n) is 4.49. The highest BCUT2D eigenvalue weighted by molar-refractivity contribution is 5.54. The molecule has 2 aromatic heterocycles. The van der Waals surface area contributed by atoms with E-state index >= 15 is 0 Å². The fraction of sp³-hybridized carbons (Fsp3) is 0.500. The van der Waals surface area contributed by atoms with E-state index in [9.17, 15) is 0 Å². The van der Waals surface area contributed by atoms with Gasteiger partial charge >= 0.3 is 0 Å². The molecule has 0 aliphatic carbocycles. The Bertz CT molecular complexity index is 472. The molecule has 0 aliphatic heterocycles. The summed E-state index contributed by atoms with van der Waals surface area (Å²) in [5.74, 6) is 1.42. The van der Waals surface area contributed by atoms with Gasteiger partial charge in [-0.3, -0.25) is 4.68 Å². The average Bonchev–Trinajstić information content (AvgIpc) is 2.86. The SMILES string of the molecule is CC(C)CNCc1ncoc1-c1ccnn1C. The molecule has 0 aliphatic rings. The highest BCUT2D eigenvalue weighted by Crippen LogP contribution is 2.21. The monoisotopic (exact) mass is 234 g/mol. The van der Waals surface area contributed by atoms with E-state index in [1.165, 1.54) is 6.39 Å². The number of aromatic nitrogens is 3. The third-order valence-corrected chi connectivity index (χ3v) is 2.54. The molecule has 0 spiro atoms. The van der Waals surface area contributed by atoms with Crippen LogP contribution in [0, 0.1) is 5.92 Å². The lowest BCUT2D eigenvalue weighted by atomic mass is 10.2. The van der Waals surface area contributed by atoms with Gasteiger partial charge in [0.25, 0.3) is 0 Å². The van der Waals surface area contributed by atoms with Crippen LogP contribution in [0.5, 0.6) is 0 Å². The van der Waals surface area contributed by atoms with E-state index in [2.05, 4.69) is 29.2 Å². The van der Waals surface area contributed by atoms with Gasteiger partial charge in [0.2, 0.25) is 0 Å². The number of hydrogen-bond acceptors (Lipinski definition) is 4. The quantitative estimate of drug-likeness (QED) is 0.857. The Morgan fingerprint density at radius 1 is 1.47 bits per heavy atom. The fourth-order valence-electron chi connectivity index (χ4n) is 1.68. The molecule has 0 atom stereocenters. The lowest BCUT2D eigenvalue weighted by Crippen LogP contribution is -2.19. The van der Waals surface area contributed by atoms with Crippen LogP contribution in [0.1, 0.15) is 19.5 Å². The molecule has 0 fully saturated rings. The first-order valence-corrected chi connectivity index (χ1v) is 5.80. The van der Waals surface area contributed by atoms with Crippen LogP contribution in [0.3, 0.4) is 0 Å². The van der Waals surface area contributed by atoms with E-state index in [4.69, 9.17) is 4.42 Å². The zero-order chi connectivity index (χ0) is 12.3. The van der Waals surface area contributed by atoms with Gasteiger partial charge in [-0.05, 0) is 18.5 Å². The maximum Gasteiger partial charge on any atom is 0.181 e. The largest absolute Gasteiger partial charge is 0.442 e. The van der Waals surface area contributed by atoms with Crippen LogP contribution in [-0.2, 0) is 13.6 Å². The van der Waals surface area contributed by atoms with Crippen LogP contribution in [0.25, 0.3) is 11.5 Å². The van der Waals surface area contributed by atoms with Crippen LogP contribution >= 0.6 is 0 Å². The summed E-state index contributed by atoms with van der Waals surface area (Å²) in [7, 11) is 1.89. The molecule has 0 amide bonds. The number of hydrogen-bond donors (Lipinski definition) is 1. The summed E-state index contributed by atoms with van der Waals surface area (Å²) in [6.45, 7) is 6.04. The van der Waals surface area contributed by atoms with Crippen molar-refractivity contribution < 1.29 is 4.42 Å². The van der Waals surface area contributed by atoms with Crippen molar-refractivity contribution in [3.05, 3.63) is 24.4 Å². The van der Waals surface area contributed by atoms with Gasteiger partial charge in [0.05, 0.1) is 0 Å². The molecule has 0 unspecified atom stereocenters. The minimum atomic E-state index is 0.627. The maximum atomic E-state index is 5.44. The Balaban J connectivity index is 2.10. The van der Waals surface area contributed by atoms with E-state index in [-0.39, 0.29) is 0 Å². The minimum absolute atomic E-state index is 0.627. The molecule has 0 saturated heterocycles. The van der Waals surface area contributed by atoms with Crippen molar-refractivity contribution in [2.24, 2.45) is 13.0 Å². The van der Waals surface area contributed by atoms with E-state index in [0.717, 1.165) is 30.2 Å². The van der Waals surface area contributed by atoms with E-state index in [1.54, 1.807) is 10.9 Å². The predicted molar refractivity (Wildman–Crippen MR) is 65.2 cm³/mol. The van der Waals surface area contributed by atoms with E-state index < -0.39 is 0 Å². The van der Waals surface area contributed by atoms with Gasteiger partial charge in [-0.25, -0.2) is 4.98 Å². The molecule has 17 heavy (non-hydrogen) atoms. The zero-order valence-corrected chi connectivity index (χ0v) is 10.5. The molecule has 0 aromatic carbocycles. The van der Waals surface area contributed by atoms with Gasteiger partial charge in [-0.2, -0.15) is 5.10 Å². The lowest BCUT2D eigenvalue weighted by molar-refractivity contribution is 0.542. The summed E-state index contributed by atoms with van der Waals surface area (Å²) >= 11 is 0. The summed E-state index contributed by atoms with van der Waals surface area (Å²) in [4.78, 5) is 4.24. The predicted octanol–water partition coefficient (Wildman–Crippen LogP) is 1.82. The molecular formula is C12H18N4O. The van der Waals surface area contributed by atoms with Crippen molar-refractivity contribution in [3.63, 3.8) is 0 Å². The summed E-state index contributed by atoms with van der Waals surface area (Å²) < 4.78 is 7.22. The van der Waals surface area contributed by atoms with Gasteiger partial charge < -0.3 is 9.73 Å². The smallest absolute Gasteiger partial charge is 0.181 e. The molecule has 2 rings (SSSR count). The van der Waals surface area contributed by atoms with Crippen molar-refractivity contribution >= 4 is 0 Å². The van der Waals surface area contributed by atoms with Crippen molar-refractivity contribution in [3.8, 4) is 11.5 Å².